The number of rotatable bonds is 3. The van der Waals surface area contributed by atoms with Crippen molar-refractivity contribution in [3.63, 3.8) is 0 Å². The molecule has 0 spiro atoms. The van der Waals surface area contributed by atoms with Crippen LogP contribution in [0.1, 0.15) is 16.5 Å². The topological polar surface area (TPSA) is 0 Å². The highest BCUT2D eigenvalue weighted by atomic mass is 35.5. The van der Waals surface area contributed by atoms with E-state index < -0.39 is 52.3 Å². The van der Waals surface area contributed by atoms with Crippen LogP contribution < -0.4 is 0 Å². The van der Waals surface area contributed by atoms with Crippen molar-refractivity contribution in [3.8, 4) is 0 Å². The van der Waals surface area contributed by atoms with E-state index >= 15 is 0 Å². The van der Waals surface area contributed by atoms with Crippen molar-refractivity contribution in [2.45, 2.75) is 11.8 Å². The molecule has 0 radical (unpaired) electrons. The highest BCUT2D eigenvalue weighted by Gasteiger charge is 2.29. The summed E-state index contributed by atoms with van der Waals surface area (Å²) in [6.07, 6.45) is -0.424. The van der Waals surface area contributed by atoms with Gasteiger partial charge in [0.15, 0.2) is 23.3 Å². The molecule has 1 unspecified atom stereocenters. The van der Waals surface area contributed by atoms with Crippen LogP contribution in [0.5, 0.6) is 0 Å². The minimum Gasteiger partial charge on any atom is -0.207 e. The van der Waals surface area contributed by atoms with Crippen molar-refractivity contribution in [1.82, 2.24) is 0 Å². The lowest BCUT2D eigenvalue weighted by Crippen LogP contribution is -2.10. The third kappa shape index (κ3) is 2.85. The lowest BCUT2D eigenvalue weighted by atomic mass is 10.0. The number of hydrogen-bond donors (Lipinski definition) is 0. The molecule has 0 aliphatic heterocycles. The molecule has 0 nitrogen and oxygen atoms in total. The van der Waals surface area contributed by atoms with Gasteiger partial charge in [0.25, 0.3) is 0 Å². The standard InChI is InChI=1S/C14H7ClF6/c15-7(5-6-3-1-2-4-8(6)16)9-10(17)12(19)14(21)13(20)11(9)18/h1-4,7H,5H2. The van der Waals surface area contributed by atoms with E-state index in [1.54, 1.807) is 0 Å². The van der Waals surface area contributed by atoms with Gasteiger partial charge in [-0.15, -0.1) is 11.6 Å². The molecule has 1 atom stereocenters. The van der Waals surface area contributed by atoms with E-state index in [-0.39, 0.29) is 5.56 Å². The van der Waals surface area contributed by atoms with Crippen LogP contribution in [0.25, 0.3) is 0 Å². The molecule has 112 valence electrons. The first-order valence-electron chi connectivity index (χ1n) is 5.73. The monoisotopic (exact) mass is 324 g/mol. The van der Waals surface area contributed by atoms with E-state index in [9.17, 15) is 26.3 Å². The lowest BCUT2D eigenvalue weighted by Gasteiger charge is -2.14. The van der Waals surface area contributed by atoms with Crippen molar-refractivity contribution in [3.05, 3.63) is 70.3 Å². The van der Waals surface area contributed by atoms with Gasteiger partial charge in [-0.05, 0) is 18.1 Å². The zero-order valence-electron chi connectivity index (χ0n) is 10.2. The number of benzene rings is 2. The van der Waals surface area contributed by atoms with Crippen LogP contribution in [0.4, 0.5) is 26.3 Å². The summed E-state index contributed by atoms with van der Waals surface area (Å²) in [6, 6.07) is 5.25. The zero-order valence-corrected chi connectivity index (χ0v) is 11.0. The van der Waals surface area contributed by atoms with Gasteiger partial charge in [-0.1, -0.05) is 18.2 Å². The maximum atomic E-state index is 13.6. The van der Waals surface area contributed by atoms with Crippen LogP contribution in [-0.4, -0.2) is 0 Å². The summed E-state index contributed by atoms with van der Waals surface area (Å²) in [7, 11) is 0. The predicted octanol–water partition coefficient (Wildman–Crippen LogP) is 5.04. The molecule has 0 heterocycles. The molecule has 2 aromatic rings. The number of halogens is 7. The van der Waals surface area contributed by atoms with Gasteiger partial charge < -0.3 is 0 Å². The van der Waals surface area contributed by atoms with Crippen molar-refractivity contribution < 1.29 is 26.3 Å². The van der Waals surface area contributed by atoms with Crippen LogP contribution in [-0.2, 0) is 6.42 Å². The van der Waals surface area contributed by atoms with Crippen molar-refractivity contribution in [2.75, 3.05) is 0 Å². The third-order valence-corrected chi connectivity index (χ3v) is 3.29. The second-order valence-electron chi connectivity index (χ2n) is 4.25. The minimum absolute atomic E-state index is 0.00133. The molecular formula is C14H7ClF6. The Balaban J connectivity index is 2.45. The molecule has 2 aromatic carbocycles. The summed E-state index contributed by atoms with van der Waals surface area (Å²) in [5.74, 6) is -11.1. The quantitative estimate of drug-likeness (QED) is 0.321. The average molecular weight is 325 g/mol. The summed E-state index contributed by atoms with van der Waals surface area (Å²) < 4.78 is 79.6. The zero-order chi connectivity index (χ0) is 15.7. The van der Waals surface area contributed by atoms with E-state index in [1.807, 2.05) is 0 Å². The Morgan fingerprint density at radius 3 is 1.76 bits per heavy atom. The highest BCUT2D eigenvalue weighted by Crippen LogP contribution is 2.33. The van der Waals surface area contributed by atoms with Gasteiger partial charge in [-0.3, -0.25) is 0 Å². The van der Waals surface area contributed by atoms with Crippen molar-refractivity contribution in [1.29, 1.82) is 0 Å². The Bertz CT molecular complexity index is 656. The SMILES string of the molecule is Fc1ccccc1CC(Cl)c1c(F)c(F)c(F)c(F)c1F. The van der Waals surface area contributed by atoms with E-state index in [1.165, 1.54) is 18.2 Å². The van der Waals surface area contributed by atoms with Crippen LogP contribution in [0.2, 0.25) is 0 Å². The van der Waals surface area contributed by atoms with Crippen LogP contribution >= 0.6 is 11.6 Å². The summed E-state index contributed by atoms with van der Waals surface area (Å²) in [4.78, 5) is 0. The molecule has 7 heteroatoms. The van der Waals surface area contributed by atoms with Crippen LogP contribution in [0.3, 0.4) is 0 Å². The fourth-order valence-electron chi connectivity index (χ4n) is 1.86. The van der Waals surface area contributed by atoms with Crippen molar-refractivity contribution >= 4 is 11.6 Å². The van der Waals surface area contributed by atoms with Gasteiger partial charge >= 0.3 is 0 Å². The van der Waals surface area contributed by atoms with Gasteiger partial charge in [-0.2, -0.15) is 0 Å². The normalized spacial score (nSPS) is 12.5. The fraction of sp³-hybridized carbons (Fsp3) is 0.143. The van der Waals surface area contributed by atoms with Crippen LogP contribution in [0, 0.1) is 34.9 Å². The largest absolute Gasteiger partial charge is 0.207 e. The molecule has 0 N–H and O–H groups in total. The van der Waals surface area contributed by atoms with Gasteiger partial charge in [0, 0.05) is 5.56 Å². The van der Waals surface area contributed by atoms with Gasteiger partial charge in [0.1, 0.15) is 5.82 Å². The molecule has 0 aliphatic rings. The molecule has 0 bridgehead atoms. The highest BCUT2D eigenvalue weighted by molar-refractivity contribution is 6.21. The summed E-state index contributed by atoms with van der Waals surface area (Å²) in [5.41, 5.74) is -1.17. The first-order chi connectivity index (χ1) is 9.84. The minimum atomic E-state index is -2.26. The second kappa shape index (κ2) is 5.97. The third-order valence-electron chi connectivity index (χ3n) is 2.91. The summed E-state index contributed by atoms with van der Waals surface area (Å²) >= 11 is 5.72. The van der Waals surface area contributed by atoms with E-state index in [0.29, 0.717) is 0 Å². The molecule has 21 heavy (non-hydrogen) atoms. The van der Waals surface area contributed by atoms with E-state index in [0.717, 1.165) is 6.07 Å². The Labute approximate surface area is 121 Å². The first kappa shape index (κ1) is 15.7. The summed E-state index contributed by atoms with van der Waals surface area (Å²) in [6.45, 7) is 0. The molecular weight excluding hydrogens is 318 g/mol. The van der Waals surface area contributed by atoms with E-state index in [2.05, 4.69) is 0 Å². The summed E-state index contributed by atoms with van der Waals surface area (Å²) in [5, 5.41) is -1.61. The molecule has 0 saturated heterocycles. The number of alkyl halides is 1. The molecule has 0 aliphatic carbocycles. The van der Waals surface area contributed by atoms with Gasteiger partial charge in [0.2, 0.25) is 5.82 Å². The maximum absolute atomic E-state index is 13.6. The Hall–Kier alpha value is -1.69. The van der Waals surface area contributed by atoms with E-state index in [4.69, 9.17) is 11.6 Å². The molecule has 0 fully saturated rings. The fourth-order valence-corrected chi connectivity index (χ4v) is 2.21. The van der Waals surface area contributed by atoms with Gasteiger partial charge in [-0.25, -0.2) is 26.3 Å². The van der Waals surface area contributed by atoms with Crippen molar-refractivity contribution in [2.24, 2.45) is 0 Å². The lowest BCUT2D eigenvalue weighted by molar-refractivity contribution is 0.369. The molecule has 0 saturated carbocycles. The maximum Gasteiger partial charge on any atom is 0.200 e. The second-order valence-corrected chi connectivity index (χ2v) is 4.77. The van der Waals surface area contributed by atoms with Gasteiger partial charge in [0.05, 0.1) is 5.38 Å². The Morgan fingerprint density at radius 2 is 1.24 bits per heavy atom. The first-order valence-corrected chi connectivity index (χ1v) is 6.17. The molecule has 0 amide bonds. The molecule has 0 aromatic heterocycles. The molecule has 2 rings (SSSR count). The van der Waals surface area contributed by atoms with Crippen LogP contribution in [0.15, 0.2) is 24.3 Å². The Kier molecular flexibility index (Phi) is 4.46. The number of hydrogen-bond acceptors (Lipinski definition) is 0. The average Bonchev–Trinajstić information content (AvgIpc) is 2.46. The predicted molar refractivity (Wildman–Crippen MR) is 64.9 cm³/mol. The Morgan fingerprint density at radius 1 is 0.762 bits per heavy atom. The smallest absolute Gasteiger partial charge is 0.200 e.